The molecule has 2 amide bonds. The Balaban J connectivity index is 1.42. The maximum atomic E-state index is 12.1. The van der Waals surface area contributed by atoms with Crippen molar-refractivity contribution in [3.8, 4) is 11.5 Å². The van der Waals surface area contributed by atoms with Crippen LogP contribution in [0, 0.1) is 0 Å². The maximum Gasteiger partial charge on any atom is 0.317 e. The van der Waals surface area contributed by atoms with Crippen molar-refractivity contribution in [2.75, 3.05) is 53.2 Å². The molecule has 1 aromatic carbocycles. The van der Waals surface area contributed by atoms with Gasteiger partial charge in [0, 0.05) is 39.8 Å². The van der Waals surface area contributed by atoms with E-state index in [1.165, 1.54) is 0 Å². The molecule has 1 saturated heterocycles. The van der Waals surface area contributed by atoms with Crippen LogP contribution in [0.2, 0.25) is 0 Å². The average molecular weight is 321 g/mol. The van der Waals surface area contributed by atoms with Gasteiger partial charge >= 0.3 is 6.03 Å². The van der Waals surface area contributed by atoms with Gasteiger partial charge in [0.2, 0.25) is 6.79 Å². The predicted molar refractivity (Wildman–Crippen MR) is 84.7 cm³/mol. The summed E-state index contributed by atoms with van der Waals surface area (Å²) in [6, 6.07) is 5.67. The van der Waals surface area contributed by atoms with Gasteiger partial charge in [-0.1, -0.05) is 6.07 Å². The Morgan fingerprint density at radius 3 is 2.87 bits per heavy atom. The lowest BCUT2D eigenvalue weighted by molar-refractivity contribution is 0.0386. The number of fused-ring (bicyclic) bond motifs is 1. The van der Waals surface area contributed by atoms with Gasteiger partial charge in [0.15, 0.2) is 11.5 Å². The third kappa shape index (κ3) is 4.27. The summed E-state index contributed by atoms with van der Waals surface area (Å²) in [5.41, 5.74) is 1.01. The molecule has 1 aromatic rings. The fraction of sp³-hybridized carbons (Fsp3) is 0.562. The first-order valence-electron chi connectivity index (χ1n) is 7.90. The Morgan fingerprint density at radius 2 is 2.04 bits per heavy atom. The Hall–Kier alpha value is -1.99. The minimum Gasteiger partial charge on any atom is -0.454 e. The maximum absolute atomic E-state index is 12.1. The van der Waals surface area contributed by atoms with Crippen molar-refractivity contribution in [2.24, 2.45) is 0 Å². The first-order valence-corrected chi connectivity index (χ1v) is 7.90. The van der Waals surface area contributed by atoms with Crippen molar-refractivity contribution in [1.82, 2.24) is 15.1 Å². The average Bonchev–Trinajstić information content (AvgIpc) is 3.03. The summed E-state index contributed by atoms with van der Waals surface area (Å²) in [7, 11) is 1.79. The smallest absolute Gasteiger partial charge is 0.317 e. The van der Waals surface area contributed by atoms with Crippen molar-refractivity contribution < 1.29 is 19.0 Å². The van der Waals surface area contributed by atoms with E-state index in [1.54, 1.807) is 11.9 Å². The number of hydrogen-bond acceptors (Lipinski definition) is 5. The normalized spacial score (nSPS) is 17.1. The second-order valence-electron chi connectivity index (χ2n) is 5.73. The fourth-order valence-corrected chi connectivity index (χ4v) is 2.67. The van der Waals surface area contributed by atoms with Gasteiger partial charge in [-0.3, -0.25) is 4.90 Å². The number of ether oxygens (including phenoxy) is 3. The molecule has 2 heterocycles. The predicted octanol–water partition coefficient (Wildman–Crippen LogP) is 0.889. The molecule has 0 bridgehead atoms. The van der Waals surface area contributed by atoms with Gasteiger partial charge in [-0.25, -0.2) is 4.79 Å². The van der Waals surface area contributed by atoms with Crippen LogP contribution in [0.4, 0.5) is 4.79 Å². The molecule has 1 fully saturated rings. The number of carbonyl (C=O) groups is 1. The molecule has 0 spiro atoms. The Labute approximate surface area is 136 Å². The van der Waals surface area contributed by atoms with Crippen LogP contribution < -0.4 is 14.8 Å². The number of urea groups is 1. The second-order valence-corrected chi connectivity index (χ2v) is 5.73. The van der Waals surface area contributed by atoms with Crippen molar-refractivity contribution in [3.05, 3.63) is 23.8 Å². The third-order valence-corrected chi connectivity index (χ3v) is 4.01. The zero-order chi connectivity index (χ0) is 16.1. The van der Waals surface area contributed by atoms with Crippen molar-refractivity contribution >= 4 is 6.03 Å². The van der Waals surface area contributed by atoms with E-state index in [0.717, 1.165) is 49.9 Å². The molecule has 7 nitrogen and oxygen atoms in total. The summed E-state index contributed by atoms with van der Waals surface area (Å²) in [6.07, 6.45) is 0. The first kappa shape index (κ1) is 15.9. The van der Waals surface area contributed by atoms with E-state index in [4.69, 9.17) is 14.2 Å². The van der Waals surface area contributed by atoms with Crippen LogP contribution in [0.25, 0.3) is 0 Å². The molecule has 1 N–H and O–H groups in total. The summed E-state index contributed by atoms with van der Waals surface area (Å²) < 4.78 is 16.0. The van der Waals surface area contributed by atoms with Crippen molar-refractivity contribution in [1.29, 1.82) is 0 Å². The Bertz CT molecular complexity index is 546. The van der Waals surface area contributed by atoms with Crippen LogP contribution >= 0.6 is 0 Å². The molecular formula is C16H23N3O4. The molecule has 0 atom stereocenters. The standard InChI is InChI=1S/C16H23N3O4/c1-18(11-13-2-3-14-15(10-13)23-12-22-14)16(20)17-4-5-19-6-8-21-9-7-19/h2-3,10H,4-9,11-12H2,1H3,(H,17,20). The molecule has 0 aliphatic carbocycles. The number of benzene rings is 1. The van der Waals surface area contributed by atoms with Crippen LogP contribution in [-0.2, 0) is 11.3 Å². The number of amides is 2. The van der Waals surface area contributed by atoms with E-state index in [-0.39, 0.29) is 12.8 Å². The van der Waals surface area contributed by atoms with Crippen molar-refractivity contribution in [2.45, 2.75) is 6.54 Å². The van der Waals surface area contributed by atoms with E-state index in [2.05, 4.69) is 10.2 Å². The highest BCUT2D eigenvalue weighted by molar-refractivity contribution is 5.73. The zero-order valence-electron chi connectivity index (χ0n) is 13.4. The van der Waals surface area contributed by atoms with E-state index >= 15 is 0 Å². The molecular weight excluding hydrogens is 298 g/mol. The highest BCUT2D eigenvalue weighted by Crippen LogP contribution is 2.32. The fourth-order valence-electron chi connectivity index (χ4n) is 2.67. The highest BCUT2D eigenvalue weighted by Gasteiger charge is 2.16. The number of hydrogen-bond donors (Lipinski definition) is 1. The monoisotopic (exact) mass is 321 g/mol. The van der Waals surface area contributed by atoms with Crippen LogP contribution in [-0.4, -0.2) is 69.1 Å². The lowest BCUT2D eigenvalue weighted by atomic mass is 10.2. The number of rotatable bonds is 5. The van der Waals surface area contributed by atoms with Crippen LogP contribution in [0.15, 0.2) is 18.2 Å². The molecule has 23 heavy (non-hydrogen) atoms. The number of carbonyl (C=O) groups excluding carboxylic acids is 1. The Morgan fingerprint density at radius 1 is 1.26 bits per heavy atom. The molecule has 0 saturated carbocycles. The number of nitrogens with one attached hydrogen (secondary N) is 1. The summed E-state index contributed by atoms with van der Waals surface area (Å²) in [5, 5.41) is 2.95. The quantitative estimate of drug-likeness (QED) is 0.873. The van der Waals surface area contributed by atoms with Gasteiger partial charge in [-0.05, 0) is 17.7 Å². The van der Waals surface area contributed by atoms with Gasteiger partial charge in [0.1, 0.15) is 0 Å². The van der Waals surface area contributed by atoms with Gasteiger partial charge in [-0.2, -0.15) is 0 Å². The number of morpholine rings is 1. The van der Waals surface area contributed by atoms with Gasteiger partial charge in [0.05, 0.1) is 13.2 Å². The second kappa shape index (κ2) is 7.52. The van der Waals surface area contributed by atoms with E-state index in [1.807, 2.05) is 18.2 Å². The third-order valence-electron chi connectivity index (χ3n) is 4.01. The van der Waals surface area contributed by atoms with E-state index in [0.29, 0.717) is 13.1 Å². The number of nitrogens with zero attached hydrogens (tertiary/aromatic N) is 2. The molecule has 7 heteroatoms. The lowest BCUT2D eigenvalue weighted by Crippen LogP contribution is -2.44. The van der Waals surface area contributed by atoms with Crippen molar-refractivity contribution in [3.63, 3.8) is 0 Å². The van der Waals surface area contributed by atoms with Gasteiger partial charge in [0.25, 0.3) is 0 Å². The largest absolute Gasteiger partial charge is 0.454 e. The summed E-state index contributed by atoms with van der Waals surface area (Å²) in [5.74, 6) is 1.50. The molecule has 0 aromatic heterocycles. The van der Waals surface area contributed by atoms with Gasteiger partial charge < -0.3 is 24.4 Å². The molecule has 3 rings (SSSR count). The Kier molecular flexibility index (Phi) is 5.19. The summed E-state index contributed by atoms with van der Waals surface area (Å²) in [4.78, 5) is 16.1. The minimum absolute atomic E-state index is 0.0732. The zero-order valence-corrected chi connectivity index (χ0v) is 13.4. The molecule has 2 aliphatic heterocycles. The van der Waals surface area contributed by atoms with Crippen LogP contribution in [0.1, 0.15) is 5.56 Å². The van der Waals surface area contributed by atoms with E-state index in [9.17, 15) is 4.79 Å². The van der Waals surface area contributed by atoms with E-state index < -0.39 is 0 Å². The summed E-state index contributed by atoms with van der Waals surface area (Å²) in [6.45, 7) is 5.70. The minimum atomic E-state index is -0.0732. The molecule has 126 valence electrons. The SMILES string of the molecule is CN(Cc1ccc2c(c1)OCO2)C(=O)NCCN1CCOCC1. The molecule has 0 unspecified atom stereocenters. The van der Waals surface area contributed by atoms with Crippen LogP contribution in [0.5, 0.6) is 11.5 Å². The topological polar surface area (TPSA) is 63.3 Å². The first-order chi connectivity index (χ1) is 11.2. The van der Waals surface area contributed by atoms with Crippen LogP contribution in [0.3, 0.4) is 0 Å². The summed E-state index contributed by atoms with van der Waals surface area (Å²) >= 11 is 0. The molecule has 2 aliphatic rings. The van der Waals surface area contributed by atoms with Gasteiger partial charge in [-0.15, -0.1) is 0 Å². The highest BCUT2D eigenvalue weighted by atomic mass is 16.7. The molecule has 0 radical (unpaired) electrons. The lowest BCUT2D eigenvalue weighted by Gasteiger charge is -2.27.